The number of hydrogen-bond acceptors (Lipinski definition) is 3. The molecule has 0 atom stereocenters. The minimum atomic E-state index is -4.14. The van der Waals surface area contributed by atoms with Gasteiger partial charge in [0, 0.05) is 6.42 Å². The minimum absolute atomic E-state index is 0.0124. The molecule has 0 heterocycles. The fourth-order valence-electron chi connectivity index (χ4n) is 2.61. The summed E-state index contributed by atoms with van der Waals surface area (Å²) in [6.45, 7) is 0. The highest BCUT2D eigenvalue weighted by atomic mass is 32.2. The Morgan fingerprint density at radius 3 is 1.96 bits per heavy atom. The number of rotatable bonds is 12. The summed E-state index contributed by atoms with van der Waals surface area (Å²) < 4.78 is 31.7. The smallest absolute Gasteiger partial charge is 0.303 e. The van der Waals surface area contributed by atoms with Crippen LogP contribution in [0.1, 0.15) is 63.4 Å². The number of unbranched alkanes of at least 4 members (excludes halogenated alkanes) is 7. The molecule has 0 amide bonds. The third-order valence-corrected chi connectivity index (χ3v) is 4.79. The van der Waals surface area contributed by atoms with Crippen LogP contribution >= 0.6 is 0 Å². The van der Waals surface area contributed by atoms with E-state index in [9.17, 15) is 17.8 Å². The van der Waals surface area contributed by atoms with Gasteiger partial charge in [0.2, 0.25) is 0 Å². The van der Waals surface area contributed by atoms with Crippen LogP contribution in [0.4, 0.5) is 0 Å². The van der Waals surface area contributed by atoms with Gasteiger partial charge in [-0.25, -0.2) is 0 Å². The Bertz CT molecular complexity index is 580. The van der Waals surface area contributed by atoms with Gasteiger partial charge < -0.3 is 5.11 Å². The molecular formula is C17H26O5S. The molecule has 0 spiro atoms. The van der Waals surface area contributed by atoms with E-state index in [1.165, 1.54) is 6.07 Å². The molecule has 130 valence electrons. The maximum atomic E-state index is 11.3. The van der Waals surface area contributed by atoms with Crippen molar-refractivity contribution in [2.24, 2.45) is 0 Å². The maximum absolute atomic E-state index is 11.3. The predicted octanol–water partition coefficient (Wildman–Crippen LogP) is 4.07. The lowest BCUT2D eigenvalue weighted by atomic mass is 10.0. The number of aryl methyl sites for hydroxylation is 1. The highest BCUT2D eigenvalue weighted by molar-refractivity contribution is 7.85. The van der Waals surface area contributed by atoms with Crippen LogP contribution in [-0.2, 0) is 21.3 Å². The van der Waals surface area contributed by atoms with E-state index in [0.29, 0.717) is 12.0 Å². The summed E-state index contributed by atoms with van der Waals surface area (Å²) in [5.41, 5.74) is 0.670. The van der Waals surface area contributed by atoms with Crippen molar-refractivity contribution in [2.75, 3.05) is 0 Å². The summed E-state index contributed by atoms with van der Waals surface area (Å²) in [5.74, 6) is -0.727. The van der Waals surface area contributed by atoms with Crippen molar-refractivity contribution in [3.63, 3.8) is 0 Å². The second kappa shape index (κ2) is 10.4. The lowest BCUT2D eigenvalue weighted by Crippen LogP contribution is -2.03. The zero-order valence-electron chi connectivity index (χ0n) is 13.4. The Balaban J connectivity index is 2.13. The molecule has 0 saturated heterocycles. The fourth-order valence-corrected chi connectivity index (χ4v) is 3.37. The van der Waals surface area contributed by atoms with Crippen molar-refractivity contribution in [3.05, 3.63) is 29.8 Å². The fraction of sp³-hybridized carbons (Fsp3) is 0.588. The van der Waals surface area contributed by atoms with E-state index in [4.69, 9.17) is 5.11 Å². The Labute approximate surface area is 138 Å². The first-order valence-electron chi connectivity index (χ1n) is 8.18. The average molecular weight is 342 g/mol. The van der Waals surface area contributed by atoms with Crippen molar-refractivity contribution in [3.8, 4) is 0 Å². The van der Waals surface area contributed by atoms with Crippen molar-refractivity contribution in [1.82, 2.24) is 0 Å². The van der Waals surface area contributed by atoms with E-state index in [-0.39, 0.29) is 11.3 Å². The van der Waals surface area contributed by atoms with E-state index >= 15 is 0 Å². The van der Waals surface area contributed by atoms with Crippen LogP contribution in [0, 0.1) is 0 Å². The Morgan fingerprint density at radius 1 is 0.870 bits per heavy atom. The van der Waals surface area contributed by atoms with Crippen LogP contribution in [0.2, 0.25) is 0 Å². The summed E-state index contributed by atoms with van der Waals surface area (Å²) in [4.78, 5) is 10.4. The van der Waals surface area contributed by atoms with Crippen LogP contribution in [0.25, 0.3) is 0 Å². The largest absolute Gasteiger partial charge is 0.481 e. The lowest BCUT2D eigenvalue weighted by Gasteiger charge is -2.07. The van der Waals surface area contributed by atoms with E-state index < -0.39 is 16.1 Å². The average Bonchev–Trinajstić information content (AvgIpc) is 2.48. The van der Waals surface area contributed by atoms with Crippen molar-refractivity contribution >= 4 is 16.1 Å². The highest BCUT2D eigenvalue weighted by Crippen LogP contribution is 2.18. The second-order valence-corrected chi connectivity index (χ2v) is 7.19. The molecule has 1 rings (SSSR count). The summed E-state index contributed by atoms with van der Waals surface area (Å²) in [6.07, 6.45) is 8.93. The Hall–Kier alpha value is -1.40. The zero-order chi connectivity index (χ0) is 17.1. The molecule has 0 unspecified atom stereocenters. The van der Waals surface area contributed by atoms with Gasteiger partial charge in [0.1, 0.15) is 0 Å². The molecule has 0 bridgehead atoms. The third kappa shape index (κ3) is 8.71. The number of benzene rings is 1. The van der Waals surface area contributed by atoms with Crippen molar-refractivity contribution in [1.29, 1.82) is 0 Å². The second-order valence-electron chi connectivity index (χ2n) is 5.80. The maximum Gasteiger partial charge on any atom is 0.303 e. The molecule has 0 aromatic heterocycles. The van der Waals surface area contributed by atoms with Gasteiger partial charge in [-0.15, -0.1) is 0 Å². The molecule has 0 radical (unpaired) electrons. The minimum Gasteiger partial charge on any atom is -0.481 e. The van der Waals surface area contributed by atoms with Crippen LogP contribution < -0.4 is 0 Å². The molecule has 0 saturated carbocycles. The van der Waals surface area contributed by atoms with Crippen molar-refractivity contribution in [2.45, 2.75) is 69.1 Å². The van der Waals surface area contributed by atoms with Crippen LogP contribution in [-0.4, -0.2) is 24.0 Å². The van der Waals surface area contributed by atoms with Gasteiger partial charge in [0.05, 0.1) is 4.90 Å². The number of carboxylic acid groups (broad SMARTS) is 1. The van der Waals surface area contributed by atoms with Crippen LogP contribution in [0.3, 0.4) is 0 Å². The summed E-state index contributed by atoms with van der Waals surface area (Å²) in [6, 6.07) is 6.56. The number of carboxylic acids is 1. The standard InChI is InChI=1S/C17H26O5S/c18-17(19)14-8-6-4-2-1-3-5-7-11-15-12-9-10-13-16(15)23(20,21)22/h9-10,12-13H,1-8,11,14H2,(H,18,19)(H,20,21,22). The third-order valence-electron chi connectivity index (χ3n) is 3.84. The number of aliphatic carboxylic acids is 1. The Morgan fingerprint density at radius 2 is 1.39 bits per heavy atom. The lowest BCUT2D eigenvalue weighted by molar-refractivity contribution is -0.137. The van der Waals surface area contributed by atoms with Gasteiger partial charge in [-0.2, -0.15) is 8.42 Å². The predicted molar refractivity (Wildman–Crippen MR) is 89.1 cm³/mol. The monoisotopic (exact) mass is 342 g/mol. The van der Waals surface area contributed by atoms with Gasteiger partial charge in [0.25, 0.3) is 10.1 Å². The van der Waals surface area contributed by atoms with Gasteiger partial charge >= 0.3 is 5.97 Å². The molecule has 2 N–H and O–H groups in total. The summed E-state index contributed by atoms with van der Waals surface area (Å²) in [5, 5.41) is 8.52. The first kappa shape index (κ1) is 19.6. The molecule has 6 heteroatoms. The topological polar surface area (TPSA) is 91.7 Å². The summed E-state index contributed by atoms with van der Waals surface area (Å²) >= 11 is 0. The number of carbonyl (C=O) groups is 1. The van der Waals surface area contributed by atoms with E-state index in [2.05, 4.69) is 0 Å². The van der Waals surface area contributed by atoms with E-state index in [0.717, 1.165) is 51.4 Å². The van der Waals surface area contributed by atoms with Gasteiger partial charge in [0.15, 0.2) is 0 Å². The van der Waals surface area contributed by atoms with Crippen LogP contribution in [0.15, 0.2) is 29.2 Å². The van der Waals surface area contributed by atoms with E-state index in [1.54, 1.807) is 18.2 Å². The zero-order valence-corrected chi connectivity index (χ0v) is 14.2. The molecule has 1 aromatic carbocycles. The molecule has 23 heavy (non-hydrogen) atoms. The molecule has 5 nitrogen and oxygen atoms in total. The first-order chi connectivity index (χ1) is 10.9. The van der Waals surface area contributed by atoms with Gasteiger partial charge in [-0.05, 0) is 30.9 Å². The van der Waals surface area contributed by atoms with Crippen molar-refractivity contribution < 1.29 is 22.9 Å². The molecule has 0 aliphatic heterocycles. The van der Waals surface area contributed by atoms with Gasteiger partial charge in [-0.3, -0.25) is 9.35 Å². The van der Waals surface area contributed by atoms with Crippen LogP contribution in [0.5, 0.6) is 0 Å². The normalized spacial score (nSPS) is 11.5. The molecule has 0 aliphatic carbocycles. The SMILES string of the molecule is O=C(O)CCCCCCCCCCc1ccccc1S(=O)(=O)O. The van der Waals surface area contributed by atoms with Gasteiger partial charge in [-0.1, -0.05) is 56.7 Å². The Kier molecular flexibility index (Phi) is 8.87. The molecule has 0 aliphatic rings. The van der Waals surface area contributed by atoms with E-state index in [1.807, 2.05) is 0 Å². The highest BCUT2D eigenvalue weighted by Gasteiger charge is 2.13. The summed E-state index contributed by atoms with van der Waals surface area (Å²) in [7, 11) is -4.14. The molecular weight excluding hydrogens is 316 g/mol. The number of hydrogen-bond donors (Lipinski definition) is 2. The first-order valence-corrected chi connectivity index (χ1v) is 9.62. The molecule has 1 aromatic rings. The molecule has 0 fully saturated rings. The quantitative estimate of drug-likeness (QED) is 0.441.